The molecule has 0 saturated heterocycles. The first-order valence-corrected chi connectivity index (χ1v) is 6.83. The SMILES string of the molecule is COc1ccc(C=NNc2nc(C)c3cc(C)oc3n2)cc1. The van der Waals surface area contributed by atoms with Crippen molar-refractivity contribution in [2.24, 2.45) is 5.10 Å². The van der Waals surface area contributed by atoms with E-state index in [-0.39, 0.29) is 0 Å². The molecule has 0 spiro atoms. The van der Waals surface area contributed by atoms with Crippen LogP contribution < -0.4 is 10.2 Å². The summed E-state index contributed by atoms with van der Waals surface area (Å²) < 4.78 is 10.6. The molecule has 22 heavy (non-hydrogen) atoms. The molecule has 0 amide bonds. The van der Waals surface area contributed by atoms with Gasteiger partial charge in [0.25, 0.3) is 0 Å². The van der Waals surface area contributed by atoms with E-state index in [9.17, 15) is 0 Å². The highest BCUT2D eigenvalue weighted by Gasteiger charge is 2.08. The smallest absolute Gasteiger partial charge is 0.247 e. The van der Waals surface area contributed by atoms with E-state index >= 15 is 0 Å². The van der Waals surface area contributed by atoms with Crippen molar-refractivity contribution in [3.05, 3.63) is 47.3 Å². The molecular weight excluding hydrogens is 280 g/mol. The van der Waals surface area contributed by atoms with E-state index in [2.05, 4.69) is 20.5 Å². The maximum absolute atomic E-state index is 5.52. The van der Waals surface area contributed by atoms with Gasteiger partial charge in [-0.1, -0.05) is 0 Å². The third kappa shape index (κ3) is 2.90. The first kappa shape index (κ1) is 14.1. The fraction of sp³-hybridized carbons (Fsp3) is 0.188. The molecule has 3 rings (SSSR count). The van der Waals surface area contributed by atoms with Gasteiger partial charge in [-0.25, -0.2) is 10.4 Å². The summed E-state index contributed by atoms with van der Waals surface area (Å²) in [5.74, 6) is 2.03. The summed E-state index contributed by atoms with van der Waals surface area (Å²) in [4.78, 5) is 8.65. The average Bonchev–Trinajstić information content (AvgIpc) is 2.89. The van der Waals surface area contributed by atoms with Crippen molar-refractivity contribution in [2.45, 2.75) is 13.8 Å². The third-order valence-electron chi connectivity index (χ3n) is 3.20. The molecule has 3 aromatic rings. The molecule has 112 valence electrons. The predicted molar refractivity (Wildman–Crippen MR) is 85.5 cm³/mol. The lowest BCUT2D eigenvalue weighted by atomic mass is 10.2. The molecule has 0 bridgehead atoms. The quantitative estimate of drug-likeness (QED) is 0.591. The Morgan fingerprint density at radius 2 is 1.95 bits per heavy atom. The van der Waals surface area contributed by atoms with Crippen LogP contribution in [0.25, 0.3) is 11.1 Å². The summed E-state index contributed by atoms with van der Waals surface area (Å²) in [5, 5.41) is 5.06. The Hall–Kier alpha value is -2.89. The summed E-state index contributed by atoms with van der Waals surface area (Å²) in [7, 11) is 1.64. The highest BCUT2D eigenvalue weighted by Crippen LogP contribution is 2.20. The Kier molecular flexibility index (Phi) is 3.74. The van der Waals surface area contributed by atoms with Crippen molar-refractivity contribution in [1.82, 2.24) is 9.97 Å². The number of furan rings is 1. The van der Waals surface area contributed by atoms with E-state index in [1.54, 1.807) is 13.3 Å². The number of nitrogens with one attached hydrogen (secondary N) is 1. The summed E-state index contributed by atoms with van der Waals surface area (Å²) in [6, 6.07) is 9.50. The van der Waals surface area contributed by atoms with Gasteiger partial charge in [0.1, 0.15) is 11.5 Å². The van der Waals surface area contributed by atoms with Crippen LogP contribution in [0.4, 0.5) is 5.95 Å². The average molecular weight is 296 g/mol. The standard InChI is InChI=1S/C16H16N4O2/c1-10-8-14-11(2)18-16(19-15(14)22-10)20-17-9-12-4-6-13(21-3)7-5-12/h4-9H,1-3H3,(H,18,19,20). The van der Waals surface area contributed by atoms with Crippen molar-refractivity contribution >= 4 is 23.3 Å². The van der Waals surface area contributed by atoms with Gasteiger partial charge in [-0.2, -0.15) is 10.1 Å². The molecular formula is C16H16N4O2. The number of aryl methyl sites for hydroxylation is 2. The summed E-state index contributed by atoms with van der Waals surface area (Å²) in [6.45, 7) is 3.80. The van der Waals surface area contributed by atoms with E-state index in [1.165, 1.54) is 0 Å². The molecule has 0 aliphatic rings. The number of aromatic nitrogens is 2. The van der Waals surface area contributed by atoms with E-state index < -0.39 is 0 Å². The molecule has 1 N–H and O–H groups in total. The predicted octanol–water partition coefficient (Wildman–Crippen LogP) is 3.29. The molecule has 0 saturated carbocycles. The topological polar surface area (TPSA) is 72.5 Å². The largest absolute Gasteiger partial charge is 0.497 e. The van der Waals surface area contributed by atoms with E-state index in [0.717, 1.165) is 28.2 Å². The second kappa shape index (κ2) is 5.85. The Bertz CT molecular complexity index is 822. The van der Waals surface area contributed by atoms with Crippen LogP contribution in [0.5, 0.6) is 5.75 Å². The highest BCUT2D eigenvalue weighted by atomic mass is 16.5. The molecule has 6 nitrogen and oxygen atoms in total. The Balaban J connectivity index is 1.76. The Morgan fingerprint density at radius 1 is 1.18 bits per heavy atom. The van der Waals surface area contributed by atoms with E-state index in [1.807, 2.05) is 44.2 Å². The number of anilines is 1. The van der Waals surface area contributed by atoms with Gasteiger partial charge in [0.15, 0.2) is 0 Å². The Labute approximate surface area is 127 Å². The van der Waals surface area contributed by atoms with Crippen LogP contribution in [0.3, 0.4) is 0 Å². The van der Waals surface area contributed by atoms with Crippen LogP contribution in [0.15, 0.2) is 39.9 Å². The molecule has 0 aliphatic heterocycles. The van der Waals surface area contributed by atoms with Crippen LogP contribution >= 0.6 is 0 Å². The number of nitrogens with zero attached hydrogens (tertiary/aromatic N) is 3. The molecule has 0 fully saturated rings. The number of hydrazone groups is 1. The first-order chi connectivity index (χ1) is 10.7. The van der Waals surface area contributed by atoms with Crippen molar-refractivity contribution < 1.29 is 9.15 Å². The Morgan fingerprint density at radius 3 is 2.68 bits per heavy atom. The number of methoxy groups -OCH3 is 1. The number of rotatable bonds is 4. The van der Waals surface area contributed by atoms with Gasteiger partial charge in [-0.05, 0) is 49.7 Å². The van der Waals surface area contributed by atoms with E-state index in [0.29, 0.717) is 11.7 Å². The van der Waals surface area contributed by atoms with Gasteiger partial charge in [-0.15, -0.1) is 0 Å². The first-order valence-electron chi connectivity index (χ1n) is 6.83. The van der Waals surface area contributed by atoms with Gasteiger partial charge >= 0.3 is 0 Å². The van der Waals surface area contributed by atoms with Gasteiger partial charge in [-0.3, -0.25) is 0 Å². The summed E-state index contributed by atoms with van der Waals surface area (Å²) >= 11 is 0. The van der Waals surface area contributed by atoms with Gasteiger partial charge in [0.2, 0.25) is 11.7 Å². The van der Waals surface area contributed by atoms with Crippen molar-refractivity contribution in [3.63, 3.8) is 0 Å². The fourth-order valence-corrected chi connectivity index (χ4v) is 2.09. The maximum atomic E-state index is 5.52. The molecule has 0 atom stereocenters. The zero-order valence-electron chi connectivity index (χ0n) is 12.6. The van der Waals surface area contributed by atoms with Gasteiger partial charge in [0, 0.05) is 0 Å². The van der Waals surface area contributed by atoms with Crippen LogP contribution in [0, 0.1) is 13.8 Å². The lowest BCUT2D eigenvalue weighted by molar-refractivity contribution is 0.415. The molecule has 2 heterocycles. The van der Waals surface area contributed by atoms with Crippen LogP contribution in [0.1, 0.15) is 17.0 Å². The minimum atomic E-state index is 0.407. The molecule has 0 unspecified atom stereocenters. The lowest BCUT2D eigenvalue weighted by Crippen LogP contribution is -1.98. The zero-order chi connectivity index (χ0) is 15.5. The molecule has 1 aromatic carbocycles. The number of fused-ring (bicyclic) bond motifs is 1. The van der Waals surface area contributed by atoms with Gasteiger partial charge in [0.05, 0.1) is 24.4 Å². The lowest BCUT2D eigenvalue weighted by Gasteiger charge is -2.01. The normalized spacial score (nSPS) is 11.2. The number of benzene rings is 1. The monoisotopic (exact) mass is 296 g/mol. The third-order valence-corrected chi connectivity index (χ3v) is 3.20. The number of ether oxygens (including phenoxy) is 1. The van der Waals surface area contributed by atoms with Gasteiger partial charge < -0.3 is 9.15 Å². The zero-order valence-corrected chi connectivity index (χ0v) is 12.6. The maximum Gasteiger partial charge on any atom is 0.247 e. The number of hydrogen-bond acceptors (Lipinski definition) is 6. The van der Waals surface area contributed by atoms with E-state index in [4.69, 9.17) is 9.15 Å². The summed E-state index contributed by atoms with van der Waals surface area (Å²) in [5.41, 5.74) is 5.18. The minimum Gasteiger partial charge on any atom is -0.497 e. The minimum absolute atomic E-state index is 0.407. The van der Waals surface area contributed by atoms with Crippen LogP contribution in [-0.2, 0) is 0 Å². The molecule has 0 radical (unpaired) electrons. The van der Waals surface area contributed by atoms with Crippen LogP contribution in [0.2, 0.25) is 0 Å². The number of hydrogen-bond donors (Lipinski definition) is 1. The molecule has 2 aromatic heterocycles. The summed E-state index contributed by atoms with van der Waals surface area (Å²) in [6.07, 6.45) is 1.69. The van der Waals surface area contributed by atoms with Crippen LogP contribution in [-0.4, -0.2) is 23.3 Å². The van der Waals surface area contributed by atoms with Crippen molar-refractivity contribution in [1.29, 1.82) is 0 Å². The second-order valence-corrected chi connectivity index (χ2v) is 4.85. The molecule has 0 aliphatic carbocycles. The highest BCUT2D eigenvalue weighted by molar-refractivity contribution is 5.81. The second-order valence-electron chi connectivity index (χ2n) is 4.85. The fourth-order valence-electron chi connectivity index (χ4n) is 2.09. The molecule has 6 heteroatoms. The van der Waals surface area contributed by atoms with Crippen molar-refractivity contribution in [3.8, 4) is 5.75 Å². The van der Waals surface area contributed by atoms with Crippen molar-refractivity contribution in [2.75, 3.05) is 12.5 Å².